The minimum atomic E-state index is -0.303. The van der Waals surface area contributed by atoms with Gasteiger partial charge in [0.25, 0.3) is 0 Å². The maximum Gasteiger partial charge on any atom is 0.329 e. The smallest absolute Gasteiger partial charge is 0.329 e. The predicted octanol–water partition coefficient (Wildman–Crippen LogP) is 2.14. The number of benzene rings is 1. The third-order valence-electron chi connectivity index (χ3n) is 3.52. The third-order valence-corrected chi connectivity index (χ3v) is 3.84. The van der Waals surface area contributed by atoms with E-state index in [1.807, 2.05) is 26.0 Å². The van der Waals surface area contributed by atoms with Crippen molar-refractivity contribution < 1.29 is 4.74 Å². The van der Waals surface area contributed by atoms with Crippen LogP contribution >= 0.6 is 11.6 Å². The van der Waals surface area contributed by atoms with E-state index >= 15 is 0 Å². The first kappa shape index (κ1) is 15.1. The highest BCUT2D eigenvalue weighted by Crippen LogP contribution is 2.27. The molecule has 0 spiro atoms. The Kier molecular flexibility index (Phi) is 4.52. The average molecular weight is 298 g/mol. The van der Waals surface area contributed by atoms with E-state index in [2.05, 4.69) is 0 Å². The SMILES string of the molecule is CCn1c(=O)n(CC)c2cc(C(N)COC)c(Cl)cc21. The first-order valence-electron chi connectivity index (χ1n) is 6.72. The summed E-state index contributed by atoms with van der Waals surface area (Å²) in [4.78, 5) is 12.3. The van der Waals surface area contributed by atoms with Gasteiger partial charge in [-0.05, 0) is 31.5 Å². The van der Waals surface area contributed by atoms with Crippen LogP contribution in [0.1, 0.15) is 25.5 Å². The molecule has 0 radical (unpaired) electrons. The molecule has 0 fully saturated rings. The standard InChI is InChI=1S/C14H20ClN3O2/c1-4-17-12-6-9(11(16)8-20-3)10(15)7-13(12)18(5-2)14(17)19/h6-7,11H,4-5,8,16H2,1-3H3. The van der Waals surface area contributed by atoms with E-state index in [1.165, 1.54) is 0 Å². The van der Waals surface area contributed by atoms with Crippen molar-refractivity contribution in [1.82, 2.24) is 9.13 Å². The van der Waals surface area contributed by atoms with Gasteiger partial charge in [0.1, 0.15) is 0 Å². The number of fused-ring (bicyclic) bond motifs is 1. The highest BCUT2D eigenvalue weighted by atomic mass is 35.5. The summed E-state index contributed by atoms with van der Waals surface area (Å²) in [5, 5.41) is 0.567. The molecule has 1 aromatic heterocycles. The van der Waals surface area contributed by atoms with Gasteiger partial charge in [-0.3, -0.25) is 9.13 Å². The number of hydrogen-bond acceptors (Lipinski definition) is 3. The summed E-state index contributed by atoms with van der Waals surface area (Å²) in [6, 6.07) is 3.42. The molecule has 2 N–H and O–H groups in total. The van der Waals surface area contributed by atoms with Crippen molar-refractivity contribution in [2.24, 2.45) is 5.73 Å². The number of hydrogen-bond donors (Lipinski definition) is 1. The summed E-state index contributed by atoms with van der Waals surface area (Å²) in [5.74, 6) is 0. The molecule has 1 atom stereocenters. The molecule has 0 saturated carbocycles. The molecule has 1 unspecified atom stereocenters. The summed E-state index contributed by atoms with van der Waals surface area (Å²) in [5.41, 5.74) is 8.56. The number of nitrogens with zero attached hydrogens (tertiary/aromatic N) is 2. The zero-order valence-corrected chi connectivity index (χ0v) is 12.8. The number of aromatic nitrogens is 2. The lowest BCUT2D eigenvalue weighted by molar-refractivity contribution is 0.181. The molecule has 0 saturated heterocycles. The molecule has 0 amide bonds. The Morgan fingerprint density at radius 3 is 2.30 bits per heavy atom. The lowest BCUT2D eigenvalue weighted by Gasteiger charge is -2.13. The van der Waals surface area contributed by atoms with Gasteiger partial charge in [0.2, 0.25) is 0 Å². The minimum absolute atomic E-state index is 0.0153. The van der Waals surface area contributed by atoms with Gasteiger partial charge in [0.15, 0.2) is 0 Å². The Balaban J connectivity index is 2.72. The maximum absolute atomic E-state index is 12.3. The van der Waals surface area contributed by atoms with Crippen molar-refractivity contribution in [2.45, 2.75) is 33.0 Å². The topological polar surface area (TPSA) is 62.2 Å². The number of ether oxygens (including phenoxy) is 1. The van der Waals surface area contributed by atoms with E-state index in [-0.39, 0.29) is 11.7 Å². The van der Waals surface area contributed by atoms with E-state index in [4.69, 9.17) is 22.1 Å². The van der Waals surface area contributed by atoms with Gasteiger partial charge in [-0.1, -0.05) is 11.6 Å². The molecule has 5 nitrogen and oxygen atoms in total. The van der Waals surface area contributed by atoms with E-state index in [1.54, 1.807) is 16.2 Å². The summed E-state index contributed by atoms with van der Waals surface area (Å²) < 4.78 is 8.53. The Labute approximate surface area is 122 Å². The van der Waals surface area contributed by atoms with Crippen LogP contribution in [0.15, 0.2) is 16.9 Å². The Morgan fingerprint density at radius 1 is 1.25 bits per heavy atom. The number of imidazole rings is 1. The number of halogens is 1. The highest BCUT2D eigenvalue weighted by molar-refractivity contribution is 6.32. The fraction of sp³-hybridized carbons (Fsp3) is 0.500. The molecule has 0 aliphatic heterocycles. The van der Waals surface area contributed by atoms with Gasteiger partial charge in [0, 0.05) is 25.2 Å². The number of methoxy groups -OCH3 is 1. The zero-order valence-electron chi connectivity index (χ0n) is 12.0. The predicted molar refractivity (Wildman–Crippen MR) is 81.4 cm³/mol. The van der Waals surface area contributed by atoms with Crippen molar-refractivity contribution in [3.63, 3.8) is 0 Å². The Hall–Kier alpha value is -1.30. The van der Waals surface area contributed by atoms with Crippen LogP contribution < -0.4 is 11.4 Å². The van der Waals surface area contributed by atoms with Gasteiger partial charge in [0.05, 0.1) is 23.7 Å². The van der Waals surface area contributed by atoms with Crippen LogP contribution in [-0.2, 0) is 17.8 Å². The van der Waals surface area contributed by atoms with Crippen molar-refractivity contribution in [2.75, 3.05) is 13.7 Å². The van der Waals surface area contributed by atoms with Crippen LogP contribution in [0.3, 0.4) is 0 Å². The van der Waals surface area contributed by atoms with E-state index in [0.717, 1.165) is 16.6 Å². The van der Waals surface area contributed by atoms with Crippen LogP contribution in [0.5, 0.6) is 0 Å². The maximum atomic E-state index is 12.3. The van der Waals surface area contributed by atoms with E-state index < -0.39 is 0 Å². The highest BCUT2D eigenvalue weighted by Gasteiger charge is 2.17. The zero-order chi connectivity index (χ0) is 14.9. The third kappa shape index (κ3) is 2.37. The molecule has 2 aromatic rings. The first-order valence-corrected chi connectivity index (χ1v) is 7.09. The fourth-order valence-corrected chi connectivity index (χ4v) is 2.81. The Bertz CT molecular complexity index is 675. The summed E-state index contributed by atoms with van der Waals surface area (Å²) in [7, 11) is 1.60. The van der Waals surface area contributed by atoms with Crippen molar-refractivity contribution in [3.05, 3.63) is 33.2 Å². The van der Waals surface area contributed by atoms with Crippen LogP contribution in [0.4, 0.5) is 0 Å². The number of aryl methyl sites for hydroxylation is 2. The lowest BCUT2D eigenvalue weighted by atomic mass is 10.1. The van der Waals surface area contributed by atoms with Gasteiger partial charge in [-0.15, -0.1) is 0 Å². The summed E-state index contributed by atoms with van der Waals surface area (Å²) >= 11 is 6.31. The molecule has 0 bridgehead atoms. The van der Waals surface area contributed by atoms with Crippen LogP contribution in [0.2, 0.25) is 5.02 Å². The molecule has 20 heavy (non-hydrogen) atoms. The van der Waals surface area contributed by atoms with Crippen molar-refractivity contribution in [1.29, 1.82) is 0 Å². The molecule has 0 aliphatic carbocycles. The molecule has 1 aromatic carbocycles. The number of nitrogens with two attached hydrogens (primary N) is 1. The number of rotatable bonds is 5. The molecular formula is C14H20ClN3O2. The normalized spacial score (nSPS) is 13.1. The quantitative estimate of drug-likeness (QED) is 0.920. The van der Waals surface area contributed by atoms with Crippen LogP contribution in [0, 0.1) is 0 Å². The molecule has 110 valence electrons. The molecule has 6 heteroatoms. The lowest BCUT2D eigenvalue weighted by Crippen LogP contribution is -2.23. The van der Waals surface area contributed by atoms with Gasteiger partial charge in [-0.2, -0.15) is 0 Å². The van der Waals surface area contributed by atoms with Crippen LogP contribution in [0.25, 0.3) is 11.0 Å². The van der Waals surface area contributed by atoms with Gasteiger partial charge < -0.3 is 10.5 Å². The van der Waals surface area contributed by atoms with E-state index in [0.29, 0.717) is 24.7 Å². The van der Waals surface area contributed by atoms with Gasteiger partial charge in [-0.25, -0.2) is 4.79 Å². The van der Waals surface area contributed by atoms with Crippen molar-refractivity contribution in [3.8, 4) is 0 Å². The monoisotopic (exact) mass is 297 g/mol. The summed E-state index contributed by atoms with van der Waals surface area (Å²) in [6.45, 7) is 5.50. The minimum Gasteiger partial charge on any atom is -0.383 e. The first-order chi connectivity index (χ1) is 9.54. The second-order valence-corrected chi connectivity index (χ2v) is 5.10. The van der Waals surface area contributed by atoms with Crippen LogP contribution in [-0.4, -0.2) is 22.9 Å². The summed E-state index contributed by atoms with van der Waals surface area (Å²) in [6.07, 6.45) is 0. The Morgan fingerprint density at radius 2 is 1.80 bits per heavy atom. The second kappa shape index (κ2) is 5.99. The molecule has 2 rings (SSSR count). The molecule has 0 aliphatic rings. The molecular weight excluding hydrogens is 278 g/mol. The van der Waals surface area contributed by atoms with E-state index in [9.17, 15) is 4.79 Å². The molecule has 1 heterocycles. The fourth-order valence-electron chi connectivity index (χ4n) is 2.52. The van der Waals surface area contributed by atoms with Crippen molar-refractivity contribution >= 4 is 22.6 Å². The largest absolute Gasteiger partial charge is 0.383 e. The second-order valence-electron chi connectivity index (χ2n) is 4.70. The average Bonchev–Trinajstić information content (AvgIpc) is 2.68. The van der Waals surface area contributed by atoms with Gasteiger partial charge >= 0.3 is 5.69 Å².